The molecule has 11 heteroatoms. The highest BCUT2D eigenvalue weighted by Crippen LogP contribution is 2.35. The summed E-state index contributed by atoms with van der Waals surface area (Å²) in [5.74, 6) is -1.03. The van der Waals surface area contributed by atoms with Crippen molar-refractivity contribution in [2.24, 2.45) is 0 Å². The monoisotopic (exact) mass is 477 g/mol. The van der Waals surface area contributed by atoms with Gasteiger partial charge in [0.1, 0.15) is 5.69 Å². The molecule has 0 saturated carbocycles. The number of fused-ring (bicyclic) bond motifs is 1. The molecule has 2 aromatic heterocycles. The number of alkyl halides is 3. The highest BCUT2D eigenvalue weighted by Gasteiger charge is 2.37. The predicted molar refractivity (Wildman–Crippen MR) is 122 cm³/mol. The first-order valence-corrected chi connectivity index (χ1v) is 9.86. The summed E-state index contributed by atoms with van der Waals surface area (Å²) in [6.45, 7) is 5.21. The fourth-order valence-corrected chi connectivity index (χ4v) is 3.81. The lowest BCUT2D eigenvalue weighted by atomic mass is 10.0. The van der Waals surface area contributed by atoms with Crippen LogP contribution in [0, 0.1) is 13.8 Å². The molecule has 0 unspecified atom stereocenters. The Balaban J connectivity index is 0.00000306. The first-order chi connectivity index (χ1) is 15.1. The number of anilines is 2. The molecule has 3 aromatic rings. The molecule has 0 aliphatic carbocycles. The Kier molecular flexibility index (Phi) is 6.55. The summed E-state index contributed by atoms with van der Waals surface area (Å²) < 4.78 is 40.8. The minimum absolute atomic E-state index is 0. The van der Waals surface area contributed by atoms with E-state index in [2.05, 4.69) is 15.4 Å². The number of halogens is 3. The summed E-state index contributed by atoms with van der Waals surface area (Å²) in [7, 11) is 0. The third-order valence-electron chi connectivity index (χ3n) is 5.31. The number of nitrogens with zero attached hydrogens (tertiary/aromatic N) is 4. The molecule has 2 amide bonds. The number of nitrogens with one attached hydrogen (secondary N) is 1. The summed E-state index contributed by atoms with van der Waals surface area (Å²) in [5, 5.41) is 6.91. The largest absolute Gasteiger partial charge is 0.416 e. The van der Waals surface area contributed by atoms with Gasteiger partial charge in [-0.05, 0) is 56.2 Å². The molecule has 0 radical (unpaired) electrons. The first-order valence-electron chi connectivity index (χ1n) is 9.86. The molecule has 4 rings (SSSR count). The number of carbonyl (C=O) groups excluding carboxylic acids is 2. The molecule has 174 valence electrons. The van der Waals surface area contributed by atoms with Gasteiger partial charge in [0, 0.05) is 18.4 Å². The maximum absolute atomic E-state index is 13.3. The van der Waals surface area contributed by atoms with Crippen molar-refractivity contribution in [1.29, 1.82) is 0 Å². The fraction of sp³-hybridized carbons (Fsp3) is 0.273. The maximum atomic E-state index is 13.3. The molecular weight excluding hydrogens is 455 g/mol. The van der Waals surface area contributed by atoms with Gasteiger partial charge in [-0.2, -0.15) is 31.8 Å². The van der Waals surface area contributed by atoms with Crippen LogP contribution in [0.4, 0.5) is 24.5 Å². The van der Waals surface area contributed by atoms with Crippen molar-refractivity contribution in [1.82, 2.24) is 14.8 Å². The molecule has 1 aliphatic rings. The van der Waals surface area contributed by atoms with E-state index >= 15 is 0 Å². The Labute approximate surface area is 195 Å². The van der Waals surface area contributed by atoms with Gasteiger partial charge in [-0.3, -0.25) is 19.3 Å². The lowest BCUT2D eigenvalue weighted by molar-refractivity contribution is -0.138. The normalized spacial score (nSPS) is 15.6. The van der Waals surface area contributed by atoms with E-state index in [1.165, 1.54) is 41.0 Å². The zero-order valence-electron chi connectivity index (χ0n) is 18.1. The van der Waals surface area contributed by atoms with Crippen molar-refractivity contribution in [2.75, 3.05) is 16.8 Å². The molecule has 0 saturated heterocycles. The van der Waals surface area contributed by atoms with Gasteiger partial charge in [0.05, 0.1) is 35.2 Å². The topological polar surface area (TPSA) is 80.1 Å². The second kappa shape index (κ2) is 8.89. The van der Waals surface area contributed by atoms with Crippen LogP contribution in [-0.4, -0.2) is 33.1 Å². The minimum atomic E-state index is -4.48. The van der Waals surface area contributed by atoms with Crippen molar-refractivity contribution in [2.45, 2.75) is 33.0 Å². The number of amides is 2. The third-order valence-corrected chi connectivity index (χ3v) is 5.31. The number of pyridine rings is 1. The van der Waals surface area contributed by atoms with E-state index in [1.54, 1.807) is 12.3 Å². The average molecular weight is 478 g/mol. The molecule has 1 N–H and O–H groups in total. The van der Waals surface area contributed by atoms with Crippen molar-refractivity contribution >= 4 is 36.7 Å². The van der Waals surface area contributed by atoms with Gasteiger partial charge < -0.3 is 10.2 Å². The lowest BCUT2D eigenvalue weighted by Gasteiger charge is -2.32. The van der Waals surface area contributed by atoms with Gasteiger partial charge in [-0.1, -0.05) is 0 Å². The SMILES string of the molecule is Cc1cncc(NC(=O)c2cnn3c2C(=O)N(c2ccc(C(F)(F)F)c(C)c2)C[C@@H]3C)c1.S. The minimum Gasteiger partial charge on any atom is -0.320 e. The Hall–Kier alpha value is -3.34. The van der Waals surface area contributed by atoms with Gasteiger partial charge in [-0.25, -0.2) is 0 Å². The number of aryl methyl sites for hydroxylation is 2. The molecule has 33 heavy (non-hydrogen) atoms. The van der Waals surface area contributed by atoms with Crippen LogP contribution in [-0.2, 0) is 6.18 Å². The van der Waals surface area contributed by atoms with Gasteiger partial charge in [0.25, 0.3) is 11.8 Å². The maximum Gasteiger partial charge on any atom is 0.416 e. The van der Waals surface area contributed by atoms with E-state index in [9.17, 15) is 22.8 Å². The molecule has 1 aromatic carbocycles. The number of benzene rings is 1. The van der Waals surface area contributed by atoms with E-state index in [-0.39, 0.29) is 42.9 Å². The summed E-state index contributed by atoms with van der Waals surface area (Å²) in [6.07, 6.45) is -0.0186. The van der Waals surface area contributed by atoms with Crippen LogP contribution in [0.2, 0.25) is 0 Å². The lowest BCUT2D eigenvalue weighted by Crippen LogP contribution is -2.43. The molecular formula is C22H22F3N5O2S. The Morgan fingerprint density at radius 3 is 2.52 bits per heavy atom. The second-order valence-corrected chi connectivity index (χ2v) is 7.82. The van der Waals surface area contributed by atoms with E-state index < -0.39 is 23.6 Å². The van der Waals surface area contributed by atoms with Crippen molar-refractivity contribution in [3.8, 4) is 0 Å². The zero-order chi connectivity index (χ0) is 23.2. The van der Waals surface area contributed by atoms with E-state index in [0.29, 0.717) is 11.4 Å². The van der Waals surface area contributed by atoms with E-state index in [0.717, 1.165) is 11.6 Å². The first kappa shape index (κ1) is 24.3. The molecule has 0 bridgehead atoms. The van der Waals surface area contributed by atoms with Crippen LogP contribution < -0.4 is 10.2 Å². The number of aromatic nitrogens is 3. The van der Waals surface area contributed by atoms with Crippen molar-refractivity contribution in [3.63, 3.8) is 0 Å². The van der Waals surface area contributed by atoms with Crippen LogP contribution >= 0.6 is 13.5 Å². The number of carbonyl (C=O) groups is 2. The molecule has 7 nitrogen and oxygen atoms in total. The van der Waals surface area contributed by atoms with Gasteiger partial charge >= 0.3 is 6.18 Å². The molecule has 0 fully saturated rings. The highest BCUT2D eigenvalue weighted by atomic mass is 32.1. The van der Waals surface area contributed by atoms with Crippen LogP contribution in [0.25, 0.3) is 0 Å². The predicted octanol–water partition coefficient (Wildman–Crippen LogP) is 4.50. The quantitative estimate of drug-likeness (QED) is 0.603. The Bertz CT molecular complexity index is 1220. The number of hydrogen-bond acceptors (Lipinski definition) is 4. The van der Waals surface area contributed by atoms with E-state index in [1.807, 2.05) is 13.8 Å². The summed E-state index contributed by atoms with van der Waals surface area (Å²) >= 11 is 0. The van der Waals surface area contributed by atoms with Crippen molar-refractivity contribution in [3.05, 3.63) is 70.8 Å². The third kappa shape index (κ3) is 4.58. The second-order valence-electron chi connectivity index (χ2n) is 7.82. The smallest absolute Gasteiger partial charge is 0.320 e. The number of hydrogen-bond donors (Lipinski definition) is 1. The summed E-state index contributed by atoms with van der Waals surface area (Å²) in [4.78, 5) is 31.6. The Morgan fingerprint density at radius 1 is 1.15 bits per heavy atom. The zero-order valence-corrected chi connectivity index (χ0v) is 19.1. The summed E-state index contributed by atoms with van der Waals surface area (Å²) in [6, 6.07) is 5.02. The fourth-order valence-electron chi connectivity index (χ4n) is 3.81. The van der Waals surface area contributed by atoms with Crippen LogP contribution in [0.15, 0.2) is 42.9 Å². The van der Waals surface area contributed by atoms with Crippen molar-refractivity contribution < 1.29 is 22.8 Å². The Morgan fingerprint density at radius 2 is 1.88 bits per heavy atom. The van der Waals surface area contributed by atoms with Gasteiger partial charge in [0.15, 0.2) is 0 Å². The molecule has 1 atom stereocenters. The van der Waals surface area contributed by atoms with Crippen LogP contribution in [0.1, 0.15) is 50.5 Å². The van der Waals surface area contributed by atoms with E-state index in [4.69, 9.17) is 0 Å². The van der Waals surface area contributed by atoms with Crippen LogP contribution in [0.5, 0.6) is 0 Å². The van der Waals surface area contributed by atoms with Gasteiger partial charge in [0.2, 0.25) is 0 Å². The molecule has 3 heterocycles. The number of rotatable bonds is 3. The molecule has 0 spiro atoms. The molecule has 1 aliphatic heterocycles. The standard InChI is InChI=1S/C22H20F3N5O2.H2S/c1-12-6-15(9-26-8-12)28-20(31)17-10-27-30-14(3)11-29(21(32)19(17)30)16-4-5-18(13(2)7-16)22(23,24)25;/h4-10,14H,11H2,1-3H3,(H,28,31);1H2/t14-;/m0./s1. The highest BCUT2D eigenvalue weighted by molar-refractivity contribution is 7.59. The van der Waals surface area contributed by atoms with Crippen LogP contribution in [0.3, 0.4) is 0 Å². The average Bonchev–Trinajstić information content (AvgIpc) is 3.16. The van der Waals surface area contributed by atoms with Gasteiger partial charge in [-0.15, -0.1) is 0 Å². The summed E-state index contributed by atoms with van der Waals surface area (Å²) in [5.41, 5.74) is 1.08.